The Morgan fingerprint density at radius 3 is 2.36 bits per heavy atom. The zero-order valence-electron chi connectivity index (χ0n) is 7.51. The summed E-state index contributed by atoms with van der Waals surface area (Å²) in [5, 5.41) is 0.299. The highest BCUT2D eigenvalue weighted by Crippen LogP contribution is 2.28. The Labute approximate surface area is 92.7 Å². The number of alkyl halides is 2. The number of nitrogens with two attached hydrogens (primary N) is 1. The lowest BCUT2D eigenvalue weighted by molar-refractivity contribution is 0.116. The molecule has 1 atom stereocenters. The third kappa shape index (κ3) is 2.80. The van der Waals surface area contributed by atoms with Crippen LogP contribution in [0.3, 0.4) is 0 Å². The lowest BCUT2D eigenvalue weighted by atomic mass is 10.0. The number of aryl methyl sites for hydroxylation is 1. The second-order valence-electron chi connectivity index (χ2n) is 2.83. The Morgan fingerprint density at radius 1 is 1.36 bits per heavy atom. The van der Waals surface area contributed by atoms with Gasteiger partial charge < -0.3 is 5.73 Å². The van der Waals surface area contributed by atoms with Gasteiger partial charge >= 0.3 is 0 Å². The molecule has 0 aliphatic carbocycles. The molecular formula is C9H11Cl2F2N. The second-order valence-corrected chi connectivity index (χ2v) is 3.24. The Bertz CT molecular complexity index is 285. The first kappa shape index (κ1) is 13.6. The fourth-order valence-corrected chi connectivity index (χ4v) is 1.54. The van der Waals surface area contributed by atoms with Crippen molar-refractivity contribution in [1.82, 2.24) is 0 Å². The molecule has 1 rings (SSSR count). The lowest BCUT2D eigenvalue weighted by Crippen LogP contribution is -2.20. The topological polar surface area (TPSA) is 26.0 Å². The van der Waals surface area contributed by atoms with E-state index >= 15 is 0 Å². The van der Waals surface area contributed by atoms with Crippen molar-refractivity contribution >= 4 is 24.0 Å². The number of hydrogen-bond acceptors (Lipinski definition) is 1. The van der Waals surface area contributed by atoms with Crippen molar-refractivity contribution in [3.05, 3.63) is 34.3 Å². The van der Waals surface area contributed by atoms with Gasteiger partial charge in [-0.2, -0.15) is 0 Å². The molecule has 0 amide bonds. The normalized spacial score (nSPS) is 12.4. The van der Waals surface area contributed by atoms with Crippen molar-refractivity contribution in [2.45, 2.75) is 19.4 Å². The molecule has 80 valence electrons. The molecule has 0 saturated carbocycles. The third-order valence-corrected chi connectivity index (χ3v) is 2.21. The van der Waals surface area contributed by atoms with Gasteiger partial charge in [-0.25, -0.2) is 8.78 Å². The quantitative estimate of drug-likeness (QED) is 0.845. The molecule has 14 heavy (non-hydrogen) atoms. The van der Waals surface area contributed by atoms with Crippen molar-refractivity contribution in [2.75, 3.05) is 0 Å². The van der Waals surface area contributed by atoms with Crippen molar-refractivity contribution in [2.24, 2.45) is 5.73 Å². The molecule has 1 aromatic carbocycles. The number of hydrogen-bond donors (Lipinski definition) is 1. The molecule has 1 aromatic rings. The molecule has 0 aliphatic heterocycles. The van der Waals surface area contributed by atoms with E-state index in [2.05, 4.69) is 0 Å². The van der Waals surface area contributed by atoms with Crippen LogP contribution in [0.1, 0.15) is 17.2 Å². The van der Waals surface area contributed by atoms with Gasteiger partial charge in [-0.1, -0.05) is 23.7 Å². The summed E-state index contributed by atoms with van der Waals surface area (Å²) in [6, 6.07) is 3.68. The Morgan fingerprint density at radius 2 is 1.93 bits per heavy atom. The van der Waals surface area contributed by atoms with E-state index in [1.807, 2.05) is 0 Å². The van der Waals surface area contributed by atoms with Gasteiger partial charge in [-0.15, -0.1) is 12.4 Å². The highest BCUT2D eigenvalue weighted by Gasteiger charge is 2.21. The van der Waals surface area contributed by atoms with Gasteiger partial charge in [0, 0.05) is 5.02 Å². The van der Waals surface area contributed by atoms with Crippen molar-refractivity contribution in [3.63, 3.8) is 0 Å². The van der Waals surface area contributed by atoms with Crippen LogP contribution in [0, 0.1) is 6.92 Å². The minimum Gasteiger partial charge on any atom is -0.319 e. The van der Waals surface area contributed by atoms with E-state index in [-0.39, 0.29) is 12.4 Å². The first-order valence-electron chi connectivity index (χ1n) is 3.82. The number of benzene rings is 1. The van der Waals surface area contributed by atoms with E-state index in [0.717, 1.165) is 0 Å². The van der Waals surface area contributed by atoms with E-state index < -0.39 is 12.5 Å². The van der Waals surface area contributed by atoms with Crippen LogP contribution in [0.4, 0.5) is 8.78 Å². The lowest BCUT2D eigenvalue weighted by Gasteiger charge is -2.14. The summed E-state index contributed by atoms with van der Waals surface area (Å²) < 4.78 is 24.6. The van der Waals surface area contributed by atoms with E-state index in [1.165, 1.54) is 0 Å². The van der Waals surface area contributed by atoms with Crippen LogP contribution in [0.25, 0.3) is 0 Å². The maximum Gasteiger partial charge on any atom is 0.257 e. The number of rotatable bonds is 2. The first-order valence-corrected chi connectivity index (χ1v) is 4.20. The Hall–Kier alpha value is -0.380. The maximum absolute atomic E-state index is 12.3. The van der Waals surface area contributed by atoms with E-state index in [9.17, 15) is 8.78 Å². The molecule has 5 heteroatoms. The zero-order valence-corrected chi connectivity index (χ0v) is 9.08. The summed E-state index contributed by atoms with van der Waals surface area (Å²) in [6.07, 6.45) is -2.58. The summed E-state index contributed by atoms with van der Waals surface area (Å²) in [6.45, 7) is 1.71. The molecule has 0 unspecified atom stereocenters. The number of halogens is 4. The van der Waals surface area contributed by atoms with Gasteiger partial charge in [-0.3, -0.25) is 0 Å². The third-order valence-electron chi connectivity index (χ3n) is 1.88. The summed E-state index contributed by atoms with van der Waals surface area (Å²) in [4.78, 5) is 0. The van der Waals surface area contributed by atoms with Crippen molar-refractivity contribution < 1.29 is 8.78 Å². The van der Waals surface area contributed by atoms with Gasteiger partial charge in [-0.05, 0) is 24.1 Å². The monoisotopic (exact) mass is 241 g/mol. The summed E-state index contributed by atoms with van der Waals surface area (Å²) in [5.41, 5.74) is 6.33. The highest BCUT2D eigenvalue weighted by atomic mass is 35.5. The van der Waals surface area contributed by atoms with Crippen LogP contribution < -0.4 is 5.73 Å². The van der Waals surface area contributed by atoms with Gasteiger partial charge in [0.15, 0.2) is 0 Å². The van der Waals surface area contributed by atoms with Crippen LogP contribution in [-0.4, -0.2) is 6.43 Å². The molecule has 0 heterocycles. The van der Waals surface area contributed by atoms with Gasteiger partial charge in [0.05, 0.1) is 6.04 Å². The predicted molar refractivity (Wildman–Crippen MR) is 56.4 cm³/mol. The van der Waals surface area contributed by atoms with Crippen molar-refractivity contribution in [1.29, 1.82) is 0 Å². The SMILES string of the molecule is Cc1cccc(Cl)c1[C@H](N)C(F)F.Cl. The molecule has 0 fully saturated rings. The summed E-state index contributed by atoms with van der Waals surface area (Å²) >= 11 is 5.76. The van der Waals surface area contributed by atoms with Gasteiger partial charge in [0.25, 0.3) is 6.43 Å². The smallest absolute Gasteiger partial charge is 0.257 e. The first-order chi connectivity index (χ1) is 6.04. The van der Waals surface area contributed by atoms with E-state index in [4.69, 9.17) is 17.3 Å². The Kier molecular flexibility index (Phi) is 5.34. The van der Waals surface area contributed by atoms with Crippen molar-refractivity contribution in [3.8, 4) is 0 Å². The molecular weight excluding hydrogens is 231 g/mol. The minimum atomic E-state index is -2.58. The Balaban J connectivity index is 0.00000169. The zero-order chi connectivity index (χ0) is 10.0. The standard InChI is InChI=1S/C9H10ClF2N.ClH/c1-5-3-2-4-6(10)7(5)8(13)9(11)12;/h2-4,8-9H,13H2,1H3;1H/t8-;/m0./s1. The second kappa shape index (κ2) is 5.49. The molecule has 0 spiro atoms. The highest BCUT2D eigenvalue weighted by molar-refractivity contribution is 6.31. The average Bonchev–Trinajstić information content (AvgIpc) is 2.03. The molecule has 2 N–H and O–H groups in total. The summed E-state index contributed by atoms with van der Waals surface area (Å²) in [5.74, 6) is 0. The largest absolute Gasteiger partial charge is 0.319 e. The van der Waals surface area contributed by atoms with Crippen LogP contribution >= 0.6 is 24.0 Å². The van der Waals surface area contributed by atoms with E-state index in [0.29, 0.717) is 16.1 Å². The fraction of sp³-hybridized carbons (Fsp3) is 0.333. The van der Waals surface area contributed by atoms with E-state index in [1.54, 1.807) is 25.1 Å². The molecule has 0 radical (unpaired) electrons. The van der Waals surface area contributed by atoms with Crippen LogP contribution in [0.2, 0.25) is 5.02 Å². The average molecular weight is 242 g/mol. The summed E-state index contributed by atoms with van der Waals surface area (Å²) in [7, 11) is 0. The predicted octanol–water partition coefficient (Wildman–Crippen LogP) is 3.34. The molecule has 0 saturated heterocycles. The van der Waals surface area contributed by atoms with Crippen LogP contribution in [-0.2, 0) is 0 Å². The molecule has 0 aromatic heterocycles. The molecule has 0 bridgehead atoms. The molecule has 1 nitrogen and oxygen atoms in total. The van der Waals surface area contributed by atoms with Crippen LogP contribution in [0.15, 0.2) is 18.2 Å². The maximum atomic E-state index is 12.3. The van der Waals surface area contributed by atoms with Gasteiger partial charge in [0.1, 0.15) is 0 Å². The minimum absolute atomic E-state index is 0. The van der Waals surface area contributed by atoms with Crippen LogP contribution in [0.5, 0.6) is 0 Å². The fourth-order valence-electron chi connectivity index (χ4n) is 1.19. The molecule has 0 aliphatic rings. The van der Waals surface area contributed by atoms with Gasteiger partial charge in [0.2, 0.25) is 0 Å².